The van der Waals surface area contributed by atoms with Crippen LogP contribution >= 0.6 is 11.3 Å². The molecule has 2 rings (SSSR count). The summed E-state index contributed by atoms with van der Waals surface area (Å²) in [5.41, 5.74) is 1.10. The molecule has 0 unspecified atom stereocenters. The zero-order chi connectivity index (χ0) is 17.0. The summed E-state index contributed by atoms with van der Waals surface area (Å²) >= 11 is 1.34. The van der Waals surface area contributed by atoms with Gasteiger partial charge in [-0.25, -0.2) is 0 Å². The van der Waals surface area contributed by atoms with E-state index in [2.05, 4.69) is 15.6 Å². The molecule has 7 nitrogen and oxygen atoms in total. The van der Waals surface area contributed by atoms with Crippen molar-refractivity contribution in [1.29, 1.82) is 0 Å². The number of anilines is 2. The van der Waals surface area contributed by atoms with Crippen molar-refractivity contribution >= 4 is 40.4 Å². The highest BCUT2D eigenvalue weighted by molar-refractivity contribution is 7.07. The van der Waals surface area contributed by atoms with Gasteiger partial charge in [0, 0.05) is 49.4 Å². The standard InChI is InChI=1S/C15H16N4O3S/c1-9(20)16-12-6-11(7-13(8-12)17-10(2)21)14(22)18-15-19(3)4-5-23-15/h4-8H,1-3H3,(H,16,20)(H,17,21). The summed E-state index contributed by atoms with van der Waals surface area (Å²) < 4.78 is 1.73. The number of rotatable bonds is 3. The van der Waals surface area contributed by atoms with Crippen LogP contribution in [-0.4, -0.2) is 22.3 Å². The van der Waals surface area contributed by atoms with Gasteiger partial charge in [0.15, 0.2) is 4.80 Å². The number of hydrogen-bond acceptors (Lipinski definition) is 4. The van der Waals surface area contributed by atoms with Gasteiger partial charge in [0.2, 0.25) is 11.8 Å². The Morgan fingerprint density at radius 3 is 2.04 bits per heavy atom. The predicted molar refractivity (Wildman–Crippen MR) is 88.2 cm³/mol. The third-order valence-corrected chi connectivity index (χ3v) is 3.63. The topological polar surface area (TPSA) is 92.6 Å². The second-order valence-corrected chi connectivity index (χ2v) is 5.75. The maximum absolute atomic E-state index is 12.3. The van der Waals surface area contributed by atoms with Crippen LogP contribution in [0.3, 0.4) is 0 Å². The Morgan fingerprint density at radius 1 is 1.04 bits per heavy atom. The molecule has 0 saturated carbocycles. The van der Waals surface area contributed by atoms with E-state index in [1.807, 2.05) is 5.38 Å². The fraction of sp³-hybridized carbons (Fsp3) is 0.200. The summed E-state index contributed by atoms with van der Waals surface area (Å²) in [6.45, 7) is 2.73. The van der Waals surface area contributed by atoms with Crippen molar-refractivity contribution in [3.05, 3.63) is 40.1 Å². The van der Waals surface area contributed by atoms with E-state index in [1.54, 1.807) is 23.9 Å². The molecule has 0 radical (unpaired) electrons. The largest absolute Gasteiger partial charge is 0.327 e. The summed E-state index contributed by atoms with van der Waals surface area (Å²) in [5, 5.41) is 7.02. The lowest BCUT2D eigenvalue weighted by Crippen LogP contribution is -2.14. The molecule has 1 aromatic heterocycles. The Labute approximate surface area is 136 Å². The van der Waals surface area contributed by atoms with Crippen molar-refractivity contribution in [2.45, 2.75) is 13.8 Å². The van der Waals surface area contributed by atoms with Crippen LogP contribution in [0.4, 0.5) is 11.4 Å². The number of amides is 3. The average Bonchev–Trinajstić information content (AvgIpc) is 2.82. The number of benzene rings is 1. The molecule has 2 N–H and O–H groups in total. The van der Waals surface area contributed by atoms with Crippen molar-refractivity contribution in [2.75, 3.05) is 10.6 Å². The molecule has 0 aliphatic heterocycles. The van der Waals surface area contributed by atoms with E-state index in [1.165, 1.54) is 37.3 Å². The third kappa shape index (κ3) is 4.62. The summed E-state index contributed by atoms with van der Waals surface area (Å²) in [4.78, 5) is 39.4. The first-order valence-electron chi connectivity index (χ1n) is 6.74. The lowest BCUT2D eigenvalue weighted by Gasteiger charge is -2.08. The quantitative estimate of drug-likeness (QED) is 0.897. The smallest absolute Gasteiger partial charge is 0.279 e. The fourth-order valence-electron chi connectivity index (χ4n) is 1.89. The van der Waals surface area contributed by atoms with Crippen LogP contribution < -0.4 is 15.4 Å². The van der Waals surface area contributed by atoms with Gasteiger partial charge in [-0.2, -0.15) is 4.99 Å². The molecule has 120 valence electrons. The summed E-state index contributed by atoms with van der Waals surface area (Å²) in [6.07, 6.45) is 1.80. The van der Waals surface area contributed by atoms with Crippen molar-refractivity contribution in [2.24, 2.45) is 12.0 Å². The number of aromatic nitrogens is 1. The molecule has 0 spiro atoms. The number of thiazole rings is 1. The monoisotopic (exact) mass is 332 g/mol. The number of hydrogen-bond donors (Lipinski definition) is 2. The van der Waals surface area contributed by atoms with Gasteiger partial charge in [-0.15, -0.1) is 11.3 Å². The van der Waals surface area contributed by atoms with Gasteiger partial charge < -0.3 is 15.2 Å². The minimum Gasteiger partial charge on any atom is -0.327 e. The van der Waals surface area contributed by atoms with E-state index < -0.39 is 5.91 Å². The minimum absolute atomic E-state index is 0.272. The lowest BCUT2D eigenvalue weighted by atomic mass is 10.1. The van der Waals surface area contributed by atoms with E-state index in [4.69, 9.17) is 0 Å². The molecular formula is C15H16N4O3S. The minimum atomic E-state index is -0.457. The number of nitrogens with zero attached hydrogens (tertiary/aromatic N) is 2. The maximum Gasteiger partial charge on any atom is 0.279 e. The molecule has 0 aliphatic rings. The Bertz CT molecular complexity index is 801. The molecule has 8 heteroatoms. The molecule has 0 atom stereocenters. The highest BCUT2D eigenvalue weighted by atomic mass is 32.1. The van der Waals surface area contributed by atoms with Gasteiger partial charge >= 0.3 is 0 Å². The van der Waals surface area contributed by atoms with Crippen LogP contribution in [0.5, 0.6) is 0 Å². The summed E-state index contributed by atoms with van der Waals surface area (Å²) in [7, 11) is 1.79. The van der Waals surface area contributed by atoms with E-state index in [0.717, 1.165) is 0 Å². The van der Waals surface area contributed by atoms with Gasteiger partial charge in [-0.1, -0.05) is 0 Å². The molecule has 0 fully saturated rings. The molecule has 3 amide bonds. The van der Waals surface area contributed by atoms with Gasteiger partial charge in [-0.05, 0) is 18.2 Å². The second-order valence-electron chi connectivity index (χ2n) is 4.87. The van der Waals surface area contributed by atoms with Gasteiger partial charge in [0.25, 0.3) is 5.91 Å². The normalized spacial score (nSPS) is 11.2. The van der Waals surface area contributed by atoms with Crippen molar-refractivity contribution in [1.82, 2.24) is 4.57 Å². The molecule has 0 saturated heterocycles. The first-order chi connectivity index (χ1) is 10.8. The molecule has 1 aromatic carbocycles. The van der Waals surface area contributed by atoms with Crippen LogP contribution in [0.2, 0.25) is 0 Å². The van der Waals surface area contributed by atoms with Gasteiger partial charge in [0.1, 0.15) is 0 Å². The highest BCUT2D eigenvalue weighted by Gasteiger charge is 2.10. The summed E-state index contributed by atoms with van der Waals surface area (Å²) in [5.74, 6) is -1.00. The molecule has 23 heavy (non-hydrogen) atoms. The first-order valence-corrected chi connectivity index (χ1v) is 7.62. The van der Waals surface area contributed by atoms with E-state index in [-0.39, 0.29) is 17.4 Å². The van der Waals surface area contributed by atoms with Crippen molar-refractivity contribution in [3.8, 4) is 0 Å². The fourth-order valence-corrected chi connectivity index (χ4v) is 2.62. The van der Waals surface area contributed by atoms with Crippen LogP contribution in [0.15, 0.2) is 34.8 Å². The first kappa shape index (κ1) is 16.6. The van der Waals surface area contributed by atoms with Crippen LogP contribution in [0.1, 0.15) is 24.2 Å². The van der Waals surface area contributed by atoms with Crippen LogP contribution in [-0.2, 0) is 16.6 Å². The second kappa shape index (κ2) is 7.01. The van der Waals surface area contributed by atoms with E-state index in [0.29, 0.717) is 16.2 Å². The van der Waals surface area contributed by atoms with Crippen LogP contribution in [0, 0.1) is 0 Å². The van der Waals surface area contributed by atoms with Crippen LogP contribution in [0.25, 0.3) is 0 Å². The molecule has 0 aliphatic carbocycles. The van der Waals surface area contributed by atoms with Gasteiger partial charge in [-0.3, -0.25) is 14.4 Å². The Hall–Kier alpha value is -2.74. The SMILES string of the molecule is CC(=O)Nc1cc(NC(C)=O)cc(C(=O)N=c2sccn2C)c1. The number of nitrogens with one attached hydrogen (secondary N) is 2. The Morgan fingerprint density at radius 2 is 1.61 bits per heavy atom. The Balaban J connectivity index is 2.43. The molecule has 2 aromatic rings. The number of carbonyl (C=O) groups is 3. The van der Waals surface area contributed by atoms with E-state index in [9.17, 15) is 14.4 Å². The summed E-state index contributed by atoms with van der Waals surface area (Å²) in [6, 6.07) is 4.61. The zero-order valence-corrected chi connectivity index (χ0v) is 13.7. The highest BCUT2D eigenvalue weighted by Crippen LogP contribution is 2.20. The molecule has 0 bridgehead atoms. The zero-order valence-electron chi connectivity index (χ0n) is 12.9. The molecular weight excluding hydrogens is 316 g/mol. The van der Waals surface area contributed by atoms with Gasteiger partial charge in [0.05, 0.1) is 0 Å². The number of carbonyl (C=O) groups excluding carboxylic acids is 3. The Kier molecular flexibility index (Phi) is 5.07. The molecule has 1 heterocycles. The van der Waals surface area contributed by atoms with E-state index >= 15 is 0 Å². The maximum atomic E-state index is 12.3. The number of aryl methyl sites for hydroxylation is 1. The van der Waals surface area contributed by atoms with Crippen molar-refractivity contribution in [3.63, 3.8) is 0 Å². The lowest BCUT2D eigenvalue weighted by molar-refractivity contribution is -0.115. The van der Waals surface area contributed by atoms with Crippen molar-refractivity contribution < 1.29 is 14.4 Å². The average molecular weight is 332 g/mol. The third-order valence-electron chi connectivity index (χ3n) is 2.78. The predicted octanol–water partition coefficient (Wildman–Crippen LogP) is 1.74.